The summed E-state index contributed by atoms with van der Waals surface area (Å²) in [6, 6.07) is 6.50. The van der Waals surface area contributed by atoms with E-state index in [0.29, 0.717) is 11.4 Å². The molecule has 1 aliphatic rings. The summed E-state index contributed by atoms with van der Waals surface area (Å²) in [5.74, 6) is -1.43. The number of hydrogen-bond acceptors (Lipinski definition) is 5. The van der Waals surface area contributed by atoms with Crippen LogP contribution in [0.5, 0.6) is 5.75 Å². The van der Waals surface area contributed by atoms with Crippen LogP contribution in [0.15, 0.2) is 24.3 Å². The minimum Gasteiger partial charge on any atom is -0.497 e. The van der Waals surface area contributed by atoms with E-state index in [1.807, 2.05) is 0 Å². The van der Waals surface area contributed by atoms with E-state index in [-0.39, 0.29) is 30.3 Å². The van der Waals surface area contributed by atoms with Crippen LogP contribution in [-0.2, 0) is 19.4 Å². The molecule has 0 bridgehead atoms. The summed E-state index contributed by atoms with van der Waals surface area (Å²) in [5, 5.41) is 9.06. The number of anilines is 1. The minimum absolute atomic E-state index is 0.0348. The molecule has 1 aromatic carbocycles. The van der Waals surface area contributed by atoms with Gasteiger partial charge in [0.2, 0.25) is 5.91 Å². The maximum Gasteiger partial charge on any atom is 0.323 e. The van der Waals surface area contributed by atoms with E-state index in [2.05, 4.69) is 0 Å². The Morgan fingerprint density at radius 2 is 1.78 bits per heavy atom. The number of sulfone groups is 1. The summed E-state index contributed by atoms with van der Waals surface area (Å²) in [7, 11) is -1.56. The Morgan fingerprint density at radius 1 is 1.22 bits per heavy atom. The number of benzene rings is 1. The lowest BCUT2D eigenvalue weighted by molar-refractivity contribution is -0.137. The largest absolute Gasteiger partial charge is 0.497 e. The third-order valence-electron chi connectivity index (χ3n) is 3.85. The lowest BCUT2D eigenvalue weighted by Gasteiger charge is -2.28. The molecule has 8 heteroatoms. The van der Waals surface area contributed by atoms with Crippen LogP contribution in [0.25, 0.3) is 0 Å². The molecule has 0 aliphatic carbocycles. The first-order valence-corrected chi connectivity index (χ1v) is 9.02. The average molecular weight is 341 g/mol. The van der Waals surface area contributed by atoms with Gasteiger partial charge in [-0.1, -0.05) is 0 Å². The second-order valence-electron chi connectivity index (χ2n) is 5.44. The molecule has 1 fully saturated rings. The van der Waals surface area contributed by atoms with Crippen LogP contribution in [-0.4, -0.2) is 50.6 Å². The van der Waals surface area contributed by atoms with Crippen molar-refractivity contribution >= 4 is 27.4 Å². The summed E-state index contributed by atoms with van der Waals surface area (Å²) in [4.78, 5) is 24.9. The molecule has 1 aromatic rings. The van der Waals surface area contributed by atoms with E-state index < -0.39 is 28.3 Å². The lowest BCUT2D eigenvalue weighted by Crippen LogP contribution is -2.42. The zero-order valence-electron chi connectivity index (χ0n) is 12.8. The van der Waals surface area contributed by atoms with Crippen molar-refractivity contribution in [1.29, 1.82) is 0 Å². The highest BCUT2D eigenvalue weighted by Crippen LogP contribution is 2.25. The number of carbonyl (C=O) groups is 2. The zero-order chi connectivity index (χ0) is 17.0. The number of hydrogen-bond donors (Lipinski definition) is 1. The third kappa shape index (κ3) is 4.44. The summed E-state index contributed by atoms with van der Waals surface area (Å²) in [5.41, 5.74) is 0.451. The van der Waals surface area contributed by atoms with Gasteiger partial charge in [0.15, 0.2) is 0 Å². The van der Waals surface area contributed by atoms with Crippen molar-refractivity contribution in [1.82, 2.24) is 0 Å². The molecule has 126 valence electrons. The number of carboxylic acid groups (broad SMARTS) is 1. The van der Waals surface area contributed by atoms with Crippen LogP contribution < -0.4 is 9.64 Å². The van der Waals surface area contributed by atoms with Crippen LogP contribution in [0.2, 0.25) is 0 Å². The average Bonchev–Trinajstić information content (AvgIpc) is 2.52. The fourth-order valence-corrected chi connectivity index (χ4v) is 4.04. The van der Waals surface area contributed by atoms with Crippen molar-refractivity contribution in [3.63, 3.8) is 0 Å². The normalized spacial score (nSPS) is 17.4. The van der Waals surface area contributed by atoms with Crippen LogP contribution in [0.4, 0.5) is 5.69 Å². The highest BCUT2D eigenvalue weighted by Gasteiger charge is 2.32. The van der Waals surface area contributed by atoms with E-state index in [9.17, 15) is 18.0 Å². The molecule has 1 heterocycles. The van der Waals surface area contributed by atoms with Gasteiger partial charge >= 0.3 is 5.97 Å². The van der Waals surface area contributed by atoms with Gasteiger partial charge in [-0.05, 0) is 37.1 Å². The van der Waals surface area contributed by atoms with Crippen LogP contribution in [0, 0.1) is 5.92 Å². The SMILES string of the molecule is COc1ccc(N(CC(=O)O)C(=O)C2CCS(=O)(=O)CC2)cc1. The van der Waals surface area contributed by atoms with Crippen molar-refractivity contribution in [3.05, 3.63) is 24.3 Å². The Balaban J connectivity index is 2.20. The number of carboxylic acids is 1. The lowest BCUT2D eigenvalue weighted by atomic mass is 10.0. The van der Waals surface area contributed by atoms with E-state index in [1.165, 1.54) is 12.0 Å². The number of ether oxygens (including phenoxy) is 1. The smallest absolute Gasteiger partial charge is 0.323 e. The van der Waals surface area contributed by atoms with Gasteiger partial charge in [0.25, 0.3) is 0 Å². The molecule has 7 nitrogen and oxygen atoms in total. The molecule has 0 aromatic heterocycles. The topological polar surface area (TPSA) is 101 Å². The molecule has 1 aliphatic heterocycles. The quantitative estimate of drug-likeness (QED) is 0.855. The maximum atomic E-state index is 12.6. The molecule has 0 radical (unpaired) electrons. The summed E-state index contributed by atoms with van der Waals surface area (Å²) >= 11 is 0. The molecule has 1 amide bonds. The van der Waals surface area contributed by atoms with Crippen LogP contribution in [0.3, 0.4) is 0 Å². The maximum absolute atomic E-state index is 12.6. The Hall–Kier alpha value is -2.09. The van der Waals surface area contributed by atoms with Crippen molar-refractivity contribution < 1.29 is 27.9 Å². The molecular formula is C15H19NO6S. The van der Waals surface area contributed by atoms with Gasteiger partial charge < -0.3 is 14.7 Å². The van der Waals surface area contributed by atoms with Gasteiger partial charge in [-0.15, -0.1) is 0 Å². The minimum atomic E-state index is -3.08. The molecular weight excluding hydrogens is 322 g/mol. The van der Waals surface area contributed by atoms with Crippen molar-refractivity contribution in [2.45, 2.75) is 12.8 Å². The molecule has 0 spiro atoms. The first kappa shape index (κ1) is 17.3. The molecule has 1 saturated heterocycles. The van der Waals surface area contributed by atoms with Crippen LogP contribution >= 0.6 is 0 Å². The number of carbonyl (C=O) groups excluding carboxylic acids is 1. The second kappa shape index (κ2) is 6.99. The summed E-state index contributed by atoms with van der Waals surface area (Å²) < 4.78 is 28.0. The zero-order valence-corrected chi connectivity index (χ0v) is 13.6. The number of nitrogens with zero attached hydrogens (tertiary/aromatic N) is 1. The molecule has 0 unspecified atom stereocenters. The second-order valence-corrected chi connectivity index (χ2v) is 7.75. The Kier molecular flexibility index (Phi) is 5.25. The number of aliphatic carboxylic acids is 1. The standard InChI is InChI=1S/C15H19NO6S/c1-22-13-4-2-12(3-5-13)16(10-14(17)18)15(19)11-6-8-23(20,21)9-7-11/h2-5,11H,6-10H2,1H3,(H,17,18). The van der Waals surface area contributed by atoms with E-state index >= 15 is 0 Å². The van der Waals surface area contributed by atoms with Crippen molar-refractivity contribution in [3.8, 4) is 5.75 Å². The summed E-state index contributed by atoms with van der Waals surface area (Å²) in [6.45, 7) is -0.464. The fraction of sp³-hybridized carbons (Fsp3) is 0.467. The van der Waals surface area contributed by atoms with Gasteiger partial charge in [-0.25, -0.2) is 8.42 Å². The summed E-state index contributed by atoms with van der Waals surface area (Å²) in [6.07, 6.45) is 0.459. The predicted molar refractivity (Wildman–Crippen MR) is 84.4 cm³/mol. The number of rotatable bonds is 5. The van der Waals surface area contributed by atoms with Gasteiger partial charge in [0.05, 0.1) is 18.6 Å². The highest BCUT2D eigenvalue weighted by molar-refractivity contribution is 7.91. The van der Waals surface area contributed by atoms with Gasteiger partial charge in [-0.3, -0.25) is 9.59 Å². The van der Waals surface area contributed by atoms with Gasteiger partial charge in [-0.2, -0.15) is 0 Å². The Morgan fingerprint density at radius 3 is 2.26 bits per heavy atom. The Bertz CT molecular complexity index is 668. The van der Waals surface area contributed by atoms with Gasteiger partial charge in [0.1, 0.15) is 22.1 Å². The Labute approximate surface area is 134 Å². The van der Waals surface area contributed by atoms with Crippen LogP contribution in [0.1, 0.15) is 12.8 Å². The molecule has 2 rings (SSSR count). The number of amides is 1. The first-order chi connectivity index (χ1) is 10.8. The highest BCUT2D eigenvalue weighted by atomic mass is 32.2. The molecule has 23 heavy (non-hydrogen) atoms. The van der Waals surface area contributed by atoms with E-state index in [0.717, 1.165) is 0 Å². The van der Waals surface area contributed by atoms with Gasteiger partial charge in [0, 0.05) is 11.6 Å². The molecule has 1 N–H and O–H groups in total. The first-order valence-electron chi connectivity index (χ1n) is 7.20. The van der Waals surface area contributed by atoms with E-state index in [4.69, 9.17) is 9.84 Å². The fourth-order valence-electron chi connectivity index (χ4n) is 2.55. The van der Waals surface area contributed by atoms with Crippen molar-refractivity contribution in [2.75, 3.05) is 30.1 Å². The molecule has 0 saturated carbocycles. The third-order valence-corrected chi connectivity index (χ3v) is 5.56. The molecule has 0 atom stereocenters. The van der Waals surface area contributed by atoms with Crippen molar-refractivity contribution in [2.24, 2.45) is 5.92 Å². The number of methoxy groups -OCH3 is 1. The van der Waals surface area contributed by atoms with E-state index in [1.54, 1.807) is 24.3 Å². The predicted octanol–water partition coefficient (Wildman–Crippen LogP) is 0.938. The monoisotopic (exact) mass is 341 g/mol.